The van der Waals surface area contributed by atoms with Gasteiger partial charge in [-0.25, -0.2) is 9.59 Å². The molecule has 0 aromatic carbocycles. The van der Waals surface area contributed by atoms with Crippen molar-refractivity contribution in [3.05, 3.63) is 24.2 Å². The van der Waals surface area contributed by atoms with Gasteiger partial charge in [-0.1, -0.05) is 0 Å². The molecule has 2 saturated heterocycles. The second-order valence-electron chi connectivity index (χ2n) is 8.44. The van der Waals surface area contributed by atoms with Gasteiger partial charge in [0, 0.05) is 32.1 Å². The van der Waals surface area contributed by atoms with Crippen molar-refractivity contribution >= 4 is 17.8 Å². The Morgan fingerprint density at radius 2 is 1.59 bits per heavy atom. The van der Waals surface area contributed by atoms with Crippen LogP contribution in [0.2, 0.25) is 0 Å². The molecule has 0 radical (unpaired) electrons. The zero-order chi connectivity index (χ0) is 28.3. The number of piperidine rings is 1. The molecule has 3 rings (SSSR count). The van der Waals surface area contributed by atoms with Crippen molar-refractivity contribution < 1.29 is 60.1 Å². The summed E-state index contributed by atoms with van der Waals surface area (Å²) in [5.74, 6) is -4.43. The maximum absolute atomic E-state index is 11.7. The standard InChI is InChI=1S/C17H27N3O3.2C2HF3O2/c1-18-16(21)11-20-7-9-22-14-17(13-20)5-3-6-19(12-17)10-15-4-2-8-23-15;2*3-2(4,5)1(6)7/h2,4,8H,3,5-7,9-14H2,1H3,(H,18,21);2*(H,6,7). The van der Waals surface area contributed by atoms with Gasteiger partial charge < -0.3 is 24.7 Å². The van der Waals surface area contributed by atoms with Crippen molar-refractivity contribution in [2.45, 2.75) is 31.7 Å². The van der Waals surface area contributed by atoms with Crippen molar-refractivity contribution in [1.29, 1.82) is 0 Å². The molecule has 1 atom stereocenters. The van der Waals surface area contributed by atoms with E-state index in [1.165, 1.54) is 0 Å². The van der Waals surface area contributed by atoms with Crippen LogP contribution in [0, 0.1) is 5.41 Å². The van der Waals surface area contributed by atoms with Gasteiger partial charge >= 0.3 is 24.3 Å². The van der Waals surface area contributed by atoms with E-state index >= 15 is 0 Å². The number of aliphatic carboxylic acids is 2. The largest absolute Gasteiger partial charge is 0.490 e. The number of hydrogen-bond acceptors (Lipinski definition) is 7. The van der Waals surface area contributed by atoms with Gasteiger partial charge in [-0.3, -0.25) is 14.6 Å². The van der Waals surface area contributed by atoms with Gasteiger partial charge in [0.25, 0.3) is 0 Å². The van der Waals surface area contributed by atoms with Crippen LogP contribution < -0.4 is 5.32 Å². The fraction of sp³-hybridized carbons (Fsp3) is 0.667. The van der Waals surface area contributed by atoms with Gasteiger partial charge in [-0.2, -0.15) is 26.3 Å². The number of amides is 1. The minimum atomic E-state index is -5.08. The summed E-state index contributed by atoms with van der Waals surface area (Å²) in [6, 6.07) is 3.97. The van der Waals surface area contributed by atoms with Crippen LogP contribution in [0.1, 0.15) is 18.6 Å². The third-order valence-electron chi connectivity index (χ3n) is 5.35. The highest BCUT2D eigenvalue weighted by Gasteiger charge is 2.40. The first-order chi connectivity index (χ1) is 17.1. The monoisotopic (exact) mass is 549 g/mol. The number of halogens is 6. The number of nitrogens with zero attached hydrogens (tertiary/aromatic N) is 2. The van der Waals surface area contributed by atoms with Crippen LogP contribution in [0.25, 0.3) is 0 Å². The summed E-state index contributed by atoms with van der Waals surface area (Å²) in [7, 11) is 1.69. The molecule has 0 aliphatic carbocycles. The van der Waals surface area contributed by atoms with Crippen LogP contribution >= 0.6 is 0 Å². The van der Waals surface area contributed by atoms with Crippen LogP contribution in [-0.4, -0.2) is 103 Å². The molecule has 10 nitrogen and oxygen atoms in total. The zero-order valence-electron chi connectivity index (χ0n) is 19.9. The fourth-order valence-corrected chi connectivity index (χ4v) is 3.81. The Hall–Kier alpha value is -2.85. The van der Waals surface area contributed by atoms with Crippen molar-refractivity contribution in [2.24, 2.45) is 5.41 Å². The van der Waals surface area contributed by atoms with E-state index in [1.54, 1.807) is 13.3 Å². The molecule has 212 valence electrons. The molecule has 3 heterocycles. The highest BCUT2D eigenvalue weighted by atomic mass is 19.4. The summed E-state index contributed by atoms with van der Waals surface area (Å²) >= 11 is 0. The van der Waals surface area contributed by atoms with Crippen LogP contribution in [0.4, 0.5) is 26.3 Å². The Balaban J connectivity index is 0.000000404. The molecule has 1 aromatic rings. The molecule has 1 aromatic heterocycles. The Morgan fingerprint density at radius 3 is 2.08 bits per heavy atom. The van der Waals surface area contributed by atoms with Crippen molar-refractivity contribution in [2.75, 3.05) is 53.0 Å². The van der Waals surface area contributed by atoms with E-state index < -0.39 is 24.3 Å². The van der Waals surface area contributed by atoms with Crippen molar-refractivity contribution in [3.8, 4) is 0 Å². The lowest BCUT2D eigenvalue weighted by Crippen LogP contribution is -2.51. The average Bonchev–Trinajstić information content (AvgIpc) is 3.22. The highest BCUT2D eigenvalue weighted by Crippen LogP contribution is 2.33. The van der Waals surface area contributed by atoms with Crippen molar-refractivity contribution in [1.82, 2.24) is 15.1 Å². The van der Waals surface area contributed by atoms with Gasteiger partial charge in [-0.15, -0.1) is 0 Å². The Morgan fingerprint density at radius 1 is 1.03 bits per heavy atom. The molecule has 1 unspecified atom stereocenters. The number of hydrogen-bond donors (Lipinski definition) is 3. The van der Waals surface area contributed by atoms with Crippen LogP contribution in [0.3, 0.4) is 0 Å². The topological polar surface area (TPSA) is 133 Å². The van der Waals surface area contributed by atoms with E-state index in [4.69, 9.17) is 29.0 Å². The first kappa shape index (κ1) is 32.2. The van der Waals surface area contributed by atoms with E-state index in [0.29, 0.717) is 13.2 Å². The molecule has 2 fully saturated rings. The predicted molar refractivity (Wildman–Crippen MR) is 114 cm³/mol. The Labute approximate surface area is 208 Å². The molecule has 1 spiro atoms. The Bertz CT molecular complexity index is 840. The molecule has 0 saturated carbocycles. The van der Waals surface area contributed by atoms with E-state index in [-0.39, 0.29) is 11.3 Å². The number of likely N-dealkylation sites (N-methyl/N-ethyl adjacent to an activating group) is 1. The molecule has 3 N–H and O–H groups in total. The highest BCUT2D eigenvalue weighted by molar-refractivity contribution is 5.77. The van der Waals surface area contributed by atoms with E-state index in [2.05, 4.69) is 15.1 Å². The maximum atomic E-state index is 11.7. The number of nitrogens with one attached hydrogen (secondary N) is 1. The number of carboxylic acid groups (broad SMARTS) is 2. The molecule has 0 bridgehead atoms. The first-order valence-corrected chi connectivity index (χ1v) is 10.9. The lowest BCUT2D eigenvalue weighted by molar-refractivity contribution is -0.193. The van der Waals surface area contributed by atoms with Crippen LogP contribution in [0.5, 0.6) is 0 Å². The second kappa shape index (κ2) is 14.2. The van der Waals surface area contributed by atoms with E-state index in [0.717, 1.165) is 57.9 Å². The molecule has 2 aliphatic heterocycles. The predicted octanol–water partition coefficient (Wildman–Crippen LogP) is 2.21. The lowest BCUT2D eigenvalue weighted by Gasteiger charge is -2.43. The smallest absolute Gasteiger partial charge is 0.475 e. The number of furan rings is 1. The van der Waals surface area contributed by atoms with E-state index in [1.807, 2.05) is 12.1 Å². The quantitative estimate of drug-likeness (QED) is 0.484. The molecule has 37 heavy (non-hydrogen) atoms. The molecular formula is C21H29F6N3O7. The van der Waals surface area contributed by atoms with Gasteiger partial charge in [0.2, 0.25) is 5.91 Å². The fourth-order valence-electron chi connectivity index (χ4n) is 3.81. The number of likely N-dealkylation sites (tertiary alicyclic amines) is 1. The van der Waals surface area contributed by atoms with Gasteiger partial charge in [0.15, 0.2) is 0 Å². The van der Waals surface area contributed by atoms with Gasteiger partial charge in [0.05, 0.1) is 32.6 Å². The lowest BCUT2D eigenvalue weighted by atomic mass is 9.80. The number of ether oxygens (including phenoxy) is 1. The number of rotatable bonds is 4. The van der Waals surface area contributed by atoms with Gasteiger partial charge in [0.1, 0.15) is 5.76 Å². The number of alkyl halides is 6. The number of carbonyl (C=O) groups excluding carboxylic acids is 1. The second-order valence-corrected chi connectivity index (χ2v) is 8.44. The first-order valence-electron chi connectivity index (χ1n) is 10.9. The molecular weight excluding hydrogens is 520 g/mol. The van der Waals surface area contributed by atoms with Gasteiger partial charge in [-0.05, 0) is 31.5 Å². The van der Waals surface area contributed by atoms with Crippen LogP contribution in [-0.2, 0) is 25.7 Å². The summed E-state index contributed by atoms with van der Waals surface area (Å²) in [5.41, 5.74) is 0.120. The van der Waals surface area contributed by atoms with Crippen molar-refractivity contribution in [3.63, 3.8) is 0 Å². The average molecular weight is 549 g/mol. The molecule has 1 amide bonds. The zero-order valence-corrected chi connectivity index (χ0v) is 19.9. The third kappa shape index (κ3) is 12.3. The minimum absolute atomic E-state index is 0.0744. The van der Waals surface area contributed by atoms with E-state index in [9.17, 15) is 31.1 Å². The third-order valence-corrected chi connectivity index (χ3v) is 5.35. The Kier molecular flexibility index (Phi) is 12.3. The number of carboxylic acids is 2. The normalized spacial score (nSPS) is 21.1. The minimum Gasteiger partial charge on any atom is -0.475 e. The maximum Gasteiger partial charge on any atom is 0.490 e. The summed E-state index contributed by atoms with van der Waals surface area (Å²) < 4.78 is 74.9. The summed E-state index contributed by atoms with van der Waals surface area (Å²) in [6.07, 6.45) is -6.11. The summed E-state index contributed by atoms with van der Waals surface area (Å²) in [5, 5.41) is 17.0. The summed E-state index contributed by atoms with van der Waals surface area (Å²) in [4.78, 5) is 34.2. The SMILES string of the molecule is CNC(=O)CN1CCOCC2(CCCN(Cc3ccco3)C2)C1.O=C(O)C(F)(F)F.O=C(O)C(F)(F)F. The van der Waals surface area contributed by atoms with Crippen LogP contribution in [0.15, 0.2) is 22.8 Å². The summed E-state index contributed by atoms with van der Waals surface area (Å²) in [6.45, 7) is 6.64. The molecule has 16 heteroatoms. The number of carbonyl (C=O) groups is 3. The molecule has 2 aliphatic rings.